The number of anilines is 1. The summed E-state index contributed by atoms with van der Waals surface area (Å²) in [5, 5.41) is 2.79. The number of rotatable bonds is 12. The number of unbranched alkanes of at least 4 members (excludes halogenated alkanes) is 2. The lowest BCUT2D eigenvalue weighted by Crippen LogP contribution is -2.09. The minimum Gasteiger partial charge on any atom is -0.493 e. The van der Waals surface area contributed by atoms with Crippen molar-refractivity contribution < 1.29 is 23.8 Å². The zero-order valence-corrected chi connectivity index (χ0v) is 21.1. The molecular formula is C30H33NO5. The molecule has 0 spiro atoms. The van der Waals surface area contributed by atoms with Gasteiger partial charge >= 0.3 is 5.97 Å². The first-order chi connectivity index (χ1) is 17.5. The normalized spacial score (nSPS) is 10.8. The van der Waals surface area contributed by atoms with E-state index in [-0.39, 0.29) is 11.9 Å². The van der Waals surface area contributed by atoms with E-state index < -0.39 is 0 Å². The molecule has 0 bridgehead atoms. The van der Waals surface area contributed by atoms with E-state index in [9.17, 15) is 9.59 Å². The van der Waals surface area contributed by atoms with Crippen LogP contribution in [0, 0.1) is 6.92 Å². The molecule has 1 amide bonds. The molecule has 0 saturated heterocycles. The van der Waals surface area contributed by atoms with Gasteiger partial charge in [-0.25, -0.2) is 4.79 Å². The molecule has 0 saturated carbocycles. The van der Waals surface area contributed by atoms with E-state index in [1.165, 1.54) is 11.6 Å². The third kappa shape index (κ3) is 8.01. The van der Waals surface area contributed by atoms with Crippen LogP contribution in [0.4, 0.5) is 5.69 Å². The average molecular weight is 488 g/mol. The number of methoxy groups -OCH3 is 1. The van der Waals surface area contributed by atoms with Crippen LogP contribution in [0.5, 0.6) is 11.5 Å². The predicted molar refractivity (Wildman–Crippen MR) is 142 cm³/mol. The summed E-state index contributed by atoms with van der Waals surface area (Å²) in [5.41, 5.74) is 4.11. The minimum atomic E-state index is -0.357. The van der Waals surface area contributed by atoms with Crippen LogP contribution in [0.3, 0.4) is 0 Å². The van der Waals surface area contributed by atoms with Crippen molar-refractivity contribution in [2.45, 2.75) is 39.7 Å². The molecule has 0 radical (unpaired) electrons. The molecule has 6 nitrogen and oxygen atoms in total. The zero-order chi connectivity index (χ0) is 25.8. The van der Waals surface area contributed by atoms with Crippen LogP contribution in [0.15, 0.2) is 72.8 Å². The number of esters is 1. The third-order valence-electron chi connectivity index (χ3n) is 5.63. The first-order valence-electron chi connectivity index (χ1n) is 12.1. The molecule has 36 heavy (non-hydrogen) atoms. The first kappa shape index (κ1) is 26.5. The van der Waals surface area contributed by atoms with Crippen molar-refractivity contribution in [2.24, 2.45) is 0 Å². The zero-order valence-electron chi connectivity index (χ0n) is 21.1. The van der Waals surface area contributed by atoms with Gasteiger partial charge in [0.15, 0.2) is 11.5 Å². The minimum absolute atomic E-state index is 0.288. The first-order valence-corrected chi connectivity index (χ1v) is 12.1. The van der Waals surface area contributed by atoms with Crippen LogP contribution >= 0.6 is 0 Å². The fourth-order valence-corrected chi connectivity index (χ4v) is 3.48. The highest BCUT2D eigenvalue weighted by Crippen LogP contribution is 2.29. The third-order valence-corrected chi connectivity index (χ3v) is 5.63. The molecule has 3 rings (SSSR count). The Labute approximate surface area is 212 Å². The maximum absolute atomic E-state index is 12.4. The second-order valence-corrected chi connectivity index (χ2v) is 8.37. The van der Waals surface area contributed by atoms with Gasteiger partial charge in [0, 0.05) is 11.8 Å². The molecule has 0 aliphatic rings. The summed E-state index contributed by atoms with van der Waals surface area (Å²) in [6.45, 7) is 5.00. The summed E-state index contributed by atoms with van der Waals surface area (Å²) in [6, 6.07) is 20.2. The van der Waals surface area contributed by atoms with Gasteiger partial charge < -0.3 is 19.5 Å². The second-order valence-electron chi connectivity index (χ2n) is 8.37. The van der Waals surface area contributed by atoms with Gasteiger partial charge in [0.05, 0.1) is 19.3 Å². The molecule has 0 aliphatic heterocycles. The maximum Gasteiger partial charge on any atom is 0.338 e. The fourth-order valence-electron chi connectivity index (χ4n) is 3.48. The van der Waals surface area contributed by atoms with Gasteiger partial charge in [-0.2, -0.15) is 0 Å². The molecule has 0 aliphatic carbocycles. The molecular weight excluding hydrogens is 454 g/mol. The van der Waals surface area contributed by atoms with Gasteiger partial charge in [-0.05, 0) is 72.5 Å². The van der Waals surface area contributed by atoms with Crippen LogP contribution in [-0.4, -0.2) is 25.6 Å². The molecule has 3 aromatic carbocycles. The van der Waals surface area contributed by atoms with Crippen LogP contribution < -0.4 is 14.8 Å². The van der Waals surface area contributed by atoms with E-state index in [1.54, 1.807) is 37.5 Å². The van der Waals surface area contributed by atoms with Crippen molar-refractivity contribution >= 4 is 23.6 Å². The Bertz CT molecular complexity index is 1180. The van der Waals surface area contributed by atoms with Crippen LogP contribution in [0.25, 0.3) is 6.08 Å². The lowest BCUT2D eigenvalue weighted by atomic mass is 10.1. The lowest BCUT2D eigenvalue weighted by molar-refractivity contribution is -0.111. The van der Waals surface area contributed by atoms with Crippen LogP contribution in [-0.2, 0) is 16.1 Å². The molecule has 0 unspecified atom stereocenters. The second kappa shape index (κ2) is 13.7. The SMILES string of the molecule is CCCCCOC(=O)c1ccc(NC(=O)/C=C/c2ccc(OCc3ccccc3C)c(OC)c2)cc1. The molecule has 1 N–H and O–H groups in total. The number of carbonyl (C=O) groups excluding carboxylic acids is 2. The molecule has 3 aromatic rings. The lowest BCUT2D eigenvalue weighted by Gasteiger charge is -2.12. The highest BCUT2D eigenvalue weighted by atomic mass is 16.5. The Morgan fingerprint density at radius 3 is 2.44 bits per heavy atom. The molecule has 6 heteroatoms. The van der Waals surface area contributed by atoms with Crippen molar-refractivity contribution in [3.8, 4) is 11.5 Å². The van der Waals surface area contributed by atoms with Crippen molar-refractivity contribution in [1.82, 2.24) is 0 Å². The van der Waals surface area contributed by atoms with Gasteiger partial charge in [-0.1, -0.05) is 50.1 Å². The molecule has 0 fully saturated rings. The molecule has 0 aromatic heterocycles. The summed E-state index contributed by atoms with van der Waals surface area (Å²) < 4.78 is 16.7. The van der Waals surface area contributed by atoms with Gasteiger partial charge in [-0.15, -0.1) is 0 Å². The number of hydrogen-bond acceptors (Lipinski definition) is 5. The van der Waals surface area contributed by atoms with E-state index in [1.807, 2.05) is 49.4 Å². The quantitative estimate of drug-likeness (QED) is 0.177. The fraction of sp³-hybridized carbons (Fsp3) is 0.267. The highest BCUT2D eigenvalue weighted by Gasteiger charge is 2.09. The van der Waals surface area contributed by atoms with Gasteiger partial charge in [-0.3, -0.25) is 4.79 Å². The standard InChI is InChI=1S/C30H33NO5/c1-4-5-8-19-35-30(33)24-13-15-26(16-14-24)31-29(32)18-12-23-11-17-27(28(20-23)34-3)36-21-25-10-7-6-9-22(25)2/h6-7,9-18,20H,4-5,8,19,21H2,1-3H3,(H,31,32)/b18-12+. The van der Waals surface area contributed by atoms with E-state index in [2.05, 4.69) is 12.2 Å². The summed E-state index contributed by atoms with van der Waals surface area (Å²) in [4.78, 5) is 24.4. The Balaban J connectivity index is 1.54. The Morgan fingerprint density at radius 1 is 0.944 bits per heavy atom. The number of amides is 1. The monoisotopic (exact) mass is 487 g/mol. The number of nitrogens with one attached hydrogen (secondary N) is 1. The Kier molecular flexibility index (Phi) is 10.1. The number of benzene rings is 3. The van der Waals surface area contributed by atoms with Crippen molar-refractivity contribution in [3.05, 3.63) is 95.1 Å². The van der Waals surface area contributed by atoms with Crippen molar-refractivity contribution in [2.75, 3.05) is 19.0 Å². The van der Waals surface area contributed by atoms with E-state index in [0.29, 0.717) is 36.0 Å². The maximum atomic E-state index is 12.4. The van der Waals surface area contributed by atoms with Gasteiger partial charge in [0.25, 0.3) is 0 Å². The van der Waals surface area contributed by atoms with Crippen LogP contribution in [0.1, 0.15) is 53.2 Å². The Morgan fingerprint density at radius 2 is 1.72 bits per heavy atom. The average Bonchev–Trinajstić information content (AvgIpc) is 2.90. The molecule has 188 valence electrons. The van der Waals surface area contributed by atoms with Crippen LogP contribution in [0.2, 0.25) is 0 Å². The van der Waals surface area contributed by atoms with Crippen molar-refractivity contribution in [1.29, 1.82) is 0 Å². The number of carbonyl (C=O) groups is 2. The van der Waals surface area contributed by atoms with E-state index in [0.717, 1.165) is 30.4 Å². The van der Waals surface area contributed by atoms with Gasteiger partial charge in [0.1, 0.15) is 6.61 Å². The summed E-state index contributed by atoms with van der Waals surface area (Å²) >= 11 is 0. The summed E-state index contributed by atoms with van der Waals surface area (Å²) in [5.74, 6) is 0.572. The largest absolute Gasteiger partial charge is 0.493 e. The topological polar surface area (TPSA) is 73.9 Å². The molecule has 0 heterocycles. The number of hydrogen-bond donors (Lipinski definition) is 1. The Hall–Kier alpha value is -4.06. The van der Waals surface area contributed by atoms with Crippen molar-refractivity contribution in [3.63, 3.8) is 0 Å². The summed E-state index contributed by atoms with van der Waals surface area (Å²) in [6.07, 6.45) is 6.11. The van der Waals surface area contributed by atoms with E-state index in [4.69, 9.17) is 14.2 Å². The number of ether oxygens (including phenoxy) is 3. The van der Waals surface area contributed by atoms with Gasteiger partial charge in [0.2, 0.25) is 5.91 Å². The molecule has 0 atom stereocenters. The highest BCUT2D eigenvalue weighted by molar-refractivity contribution is 6.02. The summed E-state index contributed by atoms with van der Waals surface area (Å²) in [7, 11) is 1.58. The van der Waals surface area contributed by atoms with E-state index >= 15 is 0 Å². The smallest absolute Gasteiger partial charge is 0.338 e. The predicted octanol–water partition coefficient (Wildman–Crippen LogP) is 6.58. The number of aryl methyl sites for hydroxylation is 1.